The van der Waals surface area contributed by atoms with Crippen LogP contribution in [0.5, 0.6) is 0 Å². The lowest BCUT2D eigenvalue weighted by Crippen LogP contribution is -2.42. The van der Waals surface area contributed by atoms with E-state index in [9.17, 15) is 9.59 Å². The zero-order valence-electron chi connectivity index (χ0n) is 9.43. The van der Waals surface area contributed by atoms with Crippen molar-refractivity contribution >= 4 is 23.6 Å². The number of nitrogens with one attached hydrogen (secondary N) is 1. The number of ether oxygens (including phenoxy) is 1. The van der Waals surface area contributed by atoms with Crippen LogP contribution in [0, 0.1) is 0 Å². The average Bonchev–Trinajstić information content (AvgIpc) is 2.25. The van der Waals surface area contributed by atoms with E-state index in [1.54, 1.807) is 12.2 Å². The summed E-state index contributed by atoms with van der Waals surface area (Å²) in [5, 5.41) is 11.0. The number of carbonyl (C=O) groups is 2. The number of rotatable bonds is 7. The zero-order valence-corrected chi connectivity index (χ0v) is 10.3. The Morgan fingerprint density at radius 3 is 2.69 bits per heavy atom. The van der Waals surface area contributed by atoms with Gasteiger partial charge in [-0.15, -0.1) is 0 Å². The number of aliphatic hydroxyl groups is 1. The molecule has 0 aromatic carbocycles. The molecule has 0 radical (unpaired) electrons. The molecule has 1 amide bonds. The van der Waals surface area contributed by atoms with Crippen molar-refractivity contribution in [1.82, 2.24) is 5.32 Å². The van der Waals surface area contributed by atoms with Gasteiger partial charge in [0.1, 0.15) is 6.04 Å². The van der Waals surface area contributed by atoms with E-state index in [1.165, 1.54) is 25.8 Å². The van der Waals surface area contributed by atoms with Crippen molar-refractivity contribution in [3.63, 3.8) is 0 Å². The number of hydrogen-bond donors (Lipinski definition) is 2. The number of esters is 1. The Hall–Kier alpha value is -1.01. The van der Waals surface area contributed by atoms with Gasteiger partial charge in [0, 0.05) is 18.4 Å². The van der Waals surface area contributed by atoms with Crippen LogP contribution in [0.15, 0.2) is 12.2 Å². The molecule has 0 aliphatic heterocycles. The third kappa shape index (κ3) is 7.30. The lowest BCUT2D eigenvalue weighted by molar-refractivity contribution is -0.144. The molecular formula is C10H17NO4S. The number of hydrogen-bond acceptors (Lipinski definition) is 5. The predicted molar refractivity (Wildman–Crippen MR) is 63.2 cm³/mol. The van der Waals surface area contributed by atoms with Crippen molar-refractivity contribution in [2.75, 3.05) is 25.2 Å². The summed E-state index contributed by atoms with van der Waals surface area (Å²) in [5.74, 6) is 0.408. The van der Waals surface area contributed by atoms with Gasteiger partial charge < -0.3 is 15.2 Å². The molecule has 0 aromatic rings. The van der Waals surface area contributed by atoms with Crippen LogP contribution < -0.4 is 5.32 Å². The van der Waals surface area contributed by atoms with E-state index >= 15 is 0 Å². The largest absolute Gasteiger partial charge is 0.467 e. The monoisotopic (exact) mass is 247 g/mol. The first kappa shape index (κ1) is 15.0. The number of aliphatic hydroxyl groups excluding tert-OH is 1. The van der Waals surface area contributed by atoms with Crippen LogP contribution in [0.2, 0.25) is 0 Å². The van der Waals surface area contributed by atoms with Crippen molar-refractivity contribution in [2.45, 2.75) is 13.0 Å². The Bertz CT molecular complexity index is 255. The number of amides is 1. The fourth-order valence-corrected chi connectivity index (χ4v) is 1.82. The van der Waals surface area contributed by atoms with Gasteiger partial charge in [-0.3, -0.25) is 4.79 Å². The molecule has 0 aromatic heterocycles. The Morgan fingerprint density at radius 2 is 2.19 bits per heavy atom. The van der Waals surface area contributed by atoms with E-state index in [1.807, 2.05) is 0 Å². The molecular weight excluding hydrogens is 230 g/mol. The molecule has 0 bridgehead atoms. The van der Waals surface area contributed by atoms with Crippen molar-refractivity contribution in [3.8, 4) is 0 Å². The van der Waals surface area contributed by atoms with E-state index in [-0.39, 0.29) is 12.5 Å². The second kappa shape index (κ2) is 9.23. The van der Waals surface area contributed by atoms with Gasteiger partial charge in [-0.05, 0) is 0 Å². The molecule has 16 heavy (non-hydrogen) atoms. The second-order valence-electron chi connectivity index (χ2n) is 2.97. The summed E-state index contributed by atoms with van der Waals surface area (Å²) in [6.45, 7) is 1.36. The van der Waals surface area contributed by atoms with Crippen molar-refractivity contribution in [1.29, 1.82) is 0 Å². The Labute approximate surface area is 99.2 Å². The first-order chi connectivity index (χ1) is 7.61. The summed E-state index contributed by atoms with van der Waals surface area (Å²) >= 11 is 1.47. The second-order valence-corrected chi connectivity index (χ2v) is 4.04. The van der Waals surface area contributed by atoms with Crippen molar-refractivity contribution in [2.24, 2.45) is 0 Å². The van der Waals surface area contributed by atoms with Crippen molar-refractivity contribution in [3.05, 3.63) is 12.2 Å². The molecule has 5 nitrogen and oxygen atoms in total. The lowest BCUT2D eigenvalue weighted by Gasteiger charge is -2.14. The lowest BCUT2D eigenvalue weighted by atomic mass is 10.3. The van der Waals surface area contributed by atoms with Gasteiger partial charge in [0.15, 0.2) is 0 Å². The van der Waals surface area contributed by atoms with Crippen LogP contribution in [-0.4, -0.2) is 48.2 Å². The third-order valence-corrected chi connectivity index (χ3v) is 2.63. The average molecular weight is 247 g/mol. The van der Waals surface area contributed by atoms with Crippen LogP contribution in [0.4, 0.5) is 0 Å². The van der Waals surface area contributed by atoms with Crippen LogP contribution >= 0.6 is 11.8 Å². The molecule has 0 unspecified atom stereocenters. The van der Waals surface area contributed by atoms with Crippen LogP contribution in [0.1, 0.15) is 6.92 Å². The zero-order chi connectivity index (χ0) is 12.4. The molecule has 6 heteroatoms. The van der Waals surface area contributed by atoms with Gasteiger partial charge in [0.25, 0.3) is 0 Å². The summed E-state index contributed by atoms with van der Waals surface area (Å²) in [6, 6.07) is -0.616. The van der Waals surface area contributed by atoms with Gasteiger partial charge in [-0.2, -0.15) is 11.8 Å². The third-order valence-electron chi connectivity index (χ3n) is 1.63. The minimum Gasteiger partial charge on any atom is -0.467 e. The highest BCUT2D eigenvalue weighted by Gasteiger charge is 2.19. The van der Waals surface area contributed by atoms with E-state index in [0.717, 1.165) is 0 Å². The summed E-state index contributed by atoms with van der Waals surface area (Å²) in [5.41, 5.74) is 0. The summed E-state index contributed by atoms with van der Waals surface area (Å²) in [7, 11) is 1.29. The molecule has 0 aliphatic rings. The SMILES string of the molecule is COC(=O)[C@@H](CSC/C=C/CO)NC(C)=O. The standard InChI is InChI=1S/C10H17NO4S/c1-8(13)11-9(10(14)15-2)7-16-6-4-3-5-12/h3-4,9,12H,5-7H2,1-2H3,(H,11,13)/b4-3+/t9-/m1/s1. The maximum Gasteiger partial charge on any atom is 0.329 e. The van der Waals surface area contributed by atoms with Crippen molar-refractivity contribution < 1.29 is 19.4 Å². The molecule has 0 spiro atoms. The smallest absolute Gasteiger partial charge is 0.329 e. The van der Waals surface area contributed by atoms with E-state index in [4.69, 9.17) is 5.11 Å². The first-order valence-corrected chi connectivity index (χ1v) is 5.95. The van der Waals surface area contributed by atoms with Gasteiger partial charge in [0.05, 0.1) is 13.7 Å². The predicted octanol–water partition coefficient (Wildman–Crippen LogP) is -0.0542. The molecule has 0 saturated carbocycles. The summed E-state index contributed by atoms with van der Waals surface area (Å²) in [4.78, 5) is 22.1. The highest BCUT2D eigenvalue weighted by molar-refractivity contribution is 7.99. The van der Waals surface area contributed by atoms with E-state index < -0.39 is 12.0 Å². The molecule has 0 rings (SSSR count). The molecule has 0 aliphatic carbocycles. The van der Waals surface area contributed by atoms with Gasteiger partial charge in [-0.1, -0.05) is 12.2 Å². The Kier molecular flexibility index (Phi) is 8.65. The fraction of sp³-hybridized carbons (Fsp3) is 0.600. The highest BCUT2D eigenvalue weighted by Crippen LogP contribution is 2.04. The quantitative estimate of drug-likeness (QED) is 0.375. The Morgan fingerprint density at radius 1 is 1.50 bits per heavy atom. The van der Waals surface area contributed by atoms with Gasteiger partial charge in [0.2, 0.25) is 5.91 Å². The van der Waals surface area contributed by atoms with Gasteiger partial charge >= 0.3 is 5.97 Å². The minimum atomic E-state index is -0.616. The number of thioether (sulfide) groups is 1. The molecule has 92 valence electrons. The molecule has 2 N–H and O–H groups in total. The van der Waals surface area contributed by atoms with Crippen LogP contribution in [-0.2, 0) is 14.3 Å². The maximum atomic E-state index is 11.3. The fourth-order valence-electron chi connectivity index (χ4n) is 0.953. The molecule has 0 heterocycles. The van der Waals surface area contributed by atoms with E-state index in [0.29, 0.717) is 11.5 Å². The maximum absolute atomic E-state index is 11.3. The normalized spacial score (nSPS) is 12.4. The summed E-state index contributed by atoms with van der Waals surface area (Å²) < 4.78 is 4.57. The Balaban J connectivity index is 3.97. The first-order valence-electron chi connectivity index (χ1n) is 4.80. The highest BCUT2D eigenvalue weighted by atomic mass is 32.2. The number of methoxy groups -OCH3 is 1. The molecule has 0 saturated heterocycles. The summed E-state index contributed by atoms with van der Waals surface area (Å²) in [6.07, 6.45) is 3.42. The minimum absolute atomic E-state index is 0.00663. The van der Waals surface area contributed by atoms with Crippen LogP contribution in [0.3, 0.4) is 0 Å². The van der Waals surface area contributed by atoms with E-state index in [2.05, 4.69) is 10.1 Å². The van der Waals surface area contributed by atoms with Crippen LogP contribution in [0.25, 0.3) is 0 Å². The molecule has 0 fully saturated rings. The number of carbonyl (C=O) groups excluding carboxylic acids is 2. The molecule has 1 atom stereocenters. The topological polar surface area (TPSA) is 75.6 Å². The van der Waals surface area contributed by atoms with Gasteiger partial charge in [-0.25, -0.2) is 4.79 Å².